The standard InChI is InChI=1S/C15H21N5O4S/c21-14-4-3-13(18-20(14)12-5-10-25(23,24)11-12)15(22)16-6-1-8-19-9-2-7-17-19/h2,7,9,12H,1,3-6,8,10-11H2,(H,16,22). The van der Waals surface area contributed by atoms with Crippen molar-refractivity contribution >= 4 is 27.4 Å². The monoisotopic (exact) mass is 367 g/mol. The number of hydrazone groups is 1. The van der Waals surface area contributed by atoms with Crippen LogP contribution in [-0.4, -0.2) is 64.8 Å². The van der Waals surface area contributed by atoms with Crippen molar-refractivity contribution in [1.29, 1.82) is 0 Å². The van der Waals surface area contributed by atoms with Gasteiger partial charge in [-0.15, -0.1) is 0 Å². The van der Waals surface area contributed by atoms with Crippen molar-refractivity contribution in [3.8, 4) is 0 Å². The average Bonchev–Trinajstić information content (AvgIpc) is 3.21. The van der Waals surface area contributed by atoms with Crippen molar-refractivity contribution in [3.63, 3.8) is 0 Å². The molecule has 2 amide bonds. The van der Waals surface area contributed by atoms with Crippen LogP contribution in [0.2, 0.25) is 0 Å². The van der Waals surface area contributed by atoms with Crippen LogP contribution in [0.5, 0.6) is 0 Å². The first-order valence-electron chi connectivity index (χ1n) is 8.30. The van der Waals surface area contributed by atoms with Crippen molar-refractivity contribution in [3.05, 3.63) is 18.5 Å². The van der Waals surface area contributed by atoms with Gasteiger partial charge in [-0.3, -0.25) is 14.3 Å². The predicted molar refractivity (Wildman–Crippen MR) is 90.4 cm³/mol. The first-order valence-corrected chi connectivity index (χ1v) is 10.1. The van der Waals surface area contributed by atoms with E-state index in [0.29, 0.717) is 19.5 Å². The SMILES string of the molecule is O=C(NCCCn1cccn1)C1=NN(C2CCS(=O)(=O)C2)C(=O)CC1. The van der Waals surface area contributed by atoms with Crippen molar-refractivity contribution in [2.45, 2.75) is 38.3 Å². The summed E-state index contributed by atoms with van der Waals surface area (Å²) in [6.45, 7) is 1.17. The molecular formula is C15H21N5O4S. The second-order valence-corrected chi connectivity index (χ2v) is 8.45. The summed E-state index contributed by atoms with van der Waals surface area (Å²) in [5.41, 5.74) is 0.281. The van der Waals surface area contributed by atoms with Crippen LogP contribution >= 0.6 is 0 Å². The lowest BCUT2D eigenvalue weighted by molar-refractivity contribution is -0.133. The number of nitrogens with zero attached hydrogens (tertiary/aromatic N) is 4. The lowest BCUT2D eigenvalue weighted by atomic mass is 10.1. The molecule has 10 heteroatoms. The van der Waals surface area contributed by atoms with Gasteiger partial charge < -0.3 is 5.32 Å². The van der Waals surface area contributed by atoms with Gasteiger partial charge in [0.25, 0.3) is 5.91 Å². The van der Waals surface area contributed by atoms with E-state index < -0.39 is 15.9 Å². The molecular weight excluding hydrogens is 346 g/mol. The Labute approximate surface area is 146 Å². The fraction of sp³-hybridized carbons (Fsp3) is 0.600. The van der Waals surface area contributed by atoms with Gasteiger partial charge in [0.15, 0.2) is 9.84 Å². The molecule has 136 valence electrons. The number of hydrogen-bond donors (Lipinski definition) is 1. The summed E-state index contributed by atoms with van der Waals surface area (Å²) >= 11 is 0. The molecule has 1 aromatic heterocycles. The molecule has 2 aliphatic heterocycles. The number of carbonyl (C=O) groups is 2. The predicted octanol–water partition coefficient (Wildman–Crippen LogP) is -0.445. The quantitative estimate of drug-likeness (QED) is 0.685. The third kappa shape index (κ3) is 4.44. The van der Waals surface area contributed by atoms with Crippen LogP contribution in [0.1, 0.15) is 25.7 Å². The maximum Gasteiger partial charge on any atom is 0.267 e. The summed E-state index contributed by atoms with van der Waals surface area (Å²) in [6, 6.07) is 1.38. The van der Waals surface area contributed by atoms with Gasteiger partial charge in [-0.05, 0) is 18.9 Å². The van der Waals surface area contributed by atoms with Crippen LogP contribution in [0.3, 0.4) is 0 Å². The van der Waals surface area contributed by atoms with Crippen LogP contribution in [0.25, 0.3) is 0 Å². The minimum absolute atomic E-state index is 0.0614. The molecule has 1 saturated heterocycles. The van der Waals surface area contributed by atoms with Crippen molar-refractivity contribution in [2.75, 3.05) is 18.1 Å². The topological polar surface area (TPSA) is 114 Å². The van der Waals surface area contributed by atoms with Crippen molar-refractivity contribution in [2.24, 2.45) is 5.10 Å². The highest BCUT2D eigenvalue weighted by atomic mass is 32.2. The molecule has 0 aliphatic carbocycles. The van der Waals surface area contributed by atoms with E-state index in [1.165, 1.54) is 5.01 Å². The molecule has 2 aliphatic rings. The van der Waals surface area contributed by atoms with Gasteiger partial charge in [0, 0.05) is 38.3 Å². The normalized spacial score (nSPS) is 22.7. The summed E-state index contributed by atoms with van der Waals surface area (Å²) in [5, 5.41) is 12.2. The van der Waals surface area contributed by atoms with Crippen LogP contribution in [-0.2, 0) is 26.0 Å². The van der Waals surface area contributed by atoms with Gasteiger partial charge in [0.1, 0.15) is 5.71 Å². The van der Waals surface area contributed by atoms with E-state index in [0.717, 1.165) is 6.42 Å². The zero-order chi connectivity index (χ0) is 17.9. The fourth-order valence-electron chi connectivity index (χ4n) is 2.97. The Kier molecular flexibility index (Phi) is 5.16. The molecule has 0 aromatic carbocycles. The van der Waals surface area contributed by atoms with E-state index in [9.17, 15) is 18.0 Å². The van der Waals surface area contributed by atoms with Gasteiger partial charge in [-0.2, -0.15) is 10.2 Å². The lowest BCUT2D eigenvalue weighted by Gasteiger charge is -2.27. The zero-order valence-corrected chi connectivity index (χ0v) is 14.6. The molecule has 1 N–H and O–H groups in total. The van der Waals surface area contributed by atoms with E-state index in [2.05, 4.69) is 15.5 Å². The Morgan fingerprint density at radius 2 is 2.20 bits per heavy atom. The zero-order valence-electron chi connectivity index (χ0n) is 13.8. The van der Waals surface area contributed by atoms with Crippen molar-refractivity contribution < 1.29 is 18.0 Å². The van der Waals surface area contributed by atoms with E-state index >= 15 is 0 Å². The third-order valence-corrected chi connectivity index (χ3v) is 6.04. The number of carbonyl (C=O) groups excluding carboxylic acids is 2. The van der Waals surface area contributed by atoms with E-state index in [1.807, 2.05) is 12.3 Å². The molecule has 1 aromatic rings. The largest absolute Gasteiger partial charge is 0.351 e. The number of hydrogen-bond acceptors (Lipinski definition) is 6. The molecule has 3 rings (SSSR count). The van der Waals surface area contributed by atoms with Crippen LogP contribution in [0, 0.1) is 0 Å². The molecule has 0 radical (unpaired) electrons. The summed E-state index contributed by atoms with van der Waals surface area (Å²) in [7, 11) is -3.12. The van der Waals surface area contributed by atoms with E-state index in [4.69, 9.17) is 0 Å². The summed E-state index contributed by atoms with van der Waals surface area (Å²) in [4.78, 5) is 24.3. The molecule has 0 spiro atoms. The number of amides is 2. The van der Waals surface area contributed by atoms with E-state index in [1.54, 1.807) is 10.9 Å². The maximum absolute atomic E-state index is 12.2. The summed E-state index contributed by atoms with van der Waals surface area (Å²) in [5.74, 6) is -0.552. The Bertz CT molecular complexity index is 772. The first-order chi connectivity index (χ1) is 11.9. The van der Waals surface area contributed by atoms with Gasteiger partial charge >= 0.3 is 0 Å². The Hall–Kier alpha value is -2.23. The van der Waals surface area contributed by atoms with Gasteiger partial charge in [0.05, 0.1) is 17.5 Å². The van der Waals surface area contributed by atoms with Crippen LogP contribution in [0.15, 0.2) is 23.6 Å². The van der Waals surface area contributed by atoms with E-state index in [-0.39, 0.29) is 41.9 Å². The summed E-state index contributed by atoms with van der Waals surface area (Å²) < 4.78 is 25.0. The highest BCUT2D eigenvalue weighted by Gasteiger charge is 2.37. The molecule has 1 fully saturated rings. The number of aromatic nitrogens is 2. The van der Waals surface area contributed by atoms with Crippen LogP contribution in [0.4, 0.5) is 0 Å². The average molecular weight is 367 g/mol. The number of rotatable bonds is 6. The van der Waals surface area contributed by atoms with Gasteiger partial charge in [0.2, 0.25) is 5.91 Å². The third-order valence-electron chi connectivity index (χ3n) is 4.28. The number of aryl methyl sites for hydroxylation is 1. The van der Waals surface area contributed by atoms with Gasteiger partial charge in [-0.1, -0.05) is 0 Å². The Morgan fingerprint density at radius 3 is 2.88 bits per heavy atom. The maximum atomic E-state index is 12.2. The molecule has 1 atom stereocenters. The lowest BCUT2D eigenvalue weighted by Crippen LogP contribution is -2.44. The highest BCUT2D eigenvalue weighted by molar-refractivity contribution is 7.91. The first kappa shape index (κ1) is 17.6. The molecule has 1 unspecified atom stereocenters. The highest BCUT2D eigenvalue weighted by Crippen LogP contribution is 2.22. The van der Waals surface area contributed by atoms with Crippen LogP contribution < -0.4 is 5.32 Å². The minimum atomic E-state index is -3.12. The number of nitrogens with one attached hydrogen (secondary N) is 1. The number of sulfone groups is 1. The Balaban J connectivity index is 1.54. The minimum Gasteiger partial charge on any atom is -0.351 e. The molecule has 9 nitrogen and oxygen atoms in total. The molecule has 0 bridgehead atoms. The second kappa shape index (κ2) is 7.34. The van der Waals surface area contributed by atoms with Gasteiger partial charge in [-0.25, -0.2) is 13.4 Å². The smallest absolute Gasteiger partial charge is 0.267 e. The molecule has 0 saturated carbocycles. The fourth-order valence-corrected chi connectivity index (χ4v) is 4.66. The second-order valence-electron chi connectivity index (χ2n) is 6.22. The Morgan fingerprint density at radius 1 is 1.36 bits per heavy atom. The van der Waals surface area contributed by atoms with Crippen molar-refractivity contribution in [1.82, 2.24) is 20.1 Å². The summed E-state index contributed by atoms with van der Waals surface area (Å²) in [6.07, 6.45) is 5.10. The molecule has 3 heterocycles. The molecule has 25 heavy (non-hydrogen) atoms.